The fourth-order valence-corrected chi connectivity index (χ4v) is 2.61. The molecule has 1 heterocycles. The first-order valence-electron chi connectivity index (χ1n) is 6.83. The number of rotatable bonds is 4. The summed E-state index contributed by atoms with van der Waals surface area (Å²) in [6.45, 7) is 6.98. The Hall–Kier alpha value is -1.22. The number of benzene rings is 1. The van der Waals surface area contributed by atoms with E-state index >= 15 is 0 Å². The summed E-state index contributed by atoms with van der Waals surface area (Å²) in [5.74, 6) is 0.937. The van der Waals surface area contributed by atoms with E-state index in [4.69, 9.17) is 9.47 Å². The van der Waals surface area contributed by atoms with Crippen LogP contribution in [0, 0.1) is 0 Å². The maximum Gasteiger partial charge on any atom is 0.142 e. The van der Waals surface area contributed by atoms with Crippen molar-refractivity contribution in [1.29, 1.82) is 0 Å². The van der Waals surface area contributed by atoms with Crippen LogP contribution in [-0.4, -0.2) is 24.9 Å². The van der Waals surface area contributed by atoms with Gasteiger partial charge in [0.1, 0.15) is 5.75 Å². The van der Waals surface area contributed by atoms with Crippen LogP contribution < -0.4 is 10.1 Å². The van der Waals surface area contributed by atoms with E-state index in [1.807, 2.05) is 25.1 Å². The second-order valence-electron chi connectivity index (χ2n) is 5.00. The summed E-state index contributed by atoms with van der Waals surface area (Å²) in [6.07, 6.45) is 2.74. The van der Waals surface area contributed by atoms with Gasteiger partial charge in [0.25, 0.3) is 0 Å². The highest BCUT2D eigenvalue weighted by molar-refractivity contribution is 5.56. The SMILES string of the molecule is CCOc1ccccc1NC1CC(C)OC(C)C1. The molecule has 0 aromatic heterocycles. The maximum absolute atomic E-state index is 5.76. The van der Waals surface area contributed by atoms with Gasteiger partial charge in [0, 0.05) is 6.04 Å². The van der Waals surface area contributed by atoms with E-state index in [0.29, 0.717) is 24.9 Å². The van der Waals surface area contributed by atoms with Crippen LogP contribution >= 0.6 is 0 Å². The van der Waals surface area contributed by atoms with Crippen LogP contribution in [0.2, 0.25) is 0 Å². The number of hydrogen-bond donors (Lipinski definition) is 1. The Kier molecular flexibility index (Phi) is 4.48. The molecule has 0 amide bonds. The van der Waals surface area contributed by atoms with Gasteiger partial charge in [0.05, 0.1) is 24.5 Å². The van der Waals surface area contributed by atoms with E-state index < -0.39 is 0 Å². The summed E-state index contributed by atoms with van der Waals surface area (Å²) in [5, 5.41) is 3.59. The van der Waals surface area contributed by atoms with Crippen LogP contribution in [-0.2, 0) is 4.74 Å². The Bertz CT molecular complexity index is 371. The van der Waals surface area contributed by atoms with Gasteiger partial charge < -0.3 is 14.8 Å². The monoisotopic (exact) mass is 249 g/mol. The lowest BCUT2D eigenvalue weighted by Gasteiger charge is -2.33. The van der Waals surface area contributed by atoms with Crippen molar-refractivity contribution in [2.75, 3.05) is 11.9 Å². The van der Waals surface area contributed by atoms with Crippen LogP contribution in [0.3, 0.4) is 0 Å². The molecule has 1 N–H and O–H groups in total. The first-order chi connectivity index (χ1) is 8.69. The minimum Gasteiger partial charge on any atom is -0.492 e. The fraction of sp³-hybridized carbons (Fsp3) is 0.600. The Morgan fingerprint density at radius 1 is 1.22 bits per heavy atom. The summed E-state index contributed by atoms with van der Waals surface area (Å²) >= 11 is 0. The van der Waals surface area contributed by atoms with Crippen molar-refractivity contribution in [3.63, 3.8) is 0 Å². The van der Waals surface area contributed by atoms with E-state index in [1.54, 1.807) is 0 Å². The van der Waals surface area contributed by atoms with Gasteiger partial charge in [-0.1, -0.05) is 12.1 Å². The first kappa shape index (κ1) is 13.2. The van der Waals surface area contributed by atoms with Crippen molar-refractivity contribution in [1.82, 2.24) is 0 Å². The Labute approximate surface area is 109 Å². The molecule has 1 aromatic carbocycles. The largest absolute Gasteiger partial charge is 0.492 e. The van der Waals surface area contributed by atoms with Crippen LogP contribution in [0.4, 0.5) is 5.69 Å². The van der Waals surface area contributed by atoms with Crippen molar-refractivity contribution in [2.24, 2.45) is 0 Å². The van der Waals surface area contributed by atoms with Crippen LogP contribution in [0.15, 0.2) is 24.3 Å². The summed E-state index contributed by atoms with van der Waals surface area (Å²) in [4.78, 5) is 0. The Morgan fingerprint density at radius 2 is 1.89 bits per heavy atom. The van der Waals surface area contributed by atoms with Crippen LogP contribution in [0.25, 0.3) is 0 Å². The predicted molar refractivity (Wildman–Crippen MR) is 74.3 cm³/mol. The average molecular weight is 249 g/mol. The smallest absolute Gasteiger partial charge is 0.142 e. The molecule has 0 radical (unpaired) electrons. The average Bonchev–Trinajstić information content (AvgIpc) is 2.30. The molecule has 1 aliphatic rings. The molecule has 1 aromatic rings. The van der Waals surface area contributed by atoms with E-state index in [0.717, 1.165) is 24.3 Å². The summed E-state index contributed by atoms with van der Waals surface area (Å²) in [5.41, 5.74) is 1.09. The molecule has 0 bridgehead atoms. The van der Waals surface area contributed by atoms with Gasteiger partial charge in [-0.15, -0.1) is 0 Å². The highest BCUT2D eigenvalue weighted by atomic mass is 16.5. The summed E-state index contributed by atoms with van der Waals surface area (Å²) in [6, 6.07) is 8.60. The summed E-state index contributed by atoms with van der Waals surface area (Å²) < 4.78 is 11.4. The quantitative estimate of drug-likeness (QED) is 0.886. The molecular weight excluding hydrogens is 226 g/mol. The first-order valence-corrected chi connectivity index (χ1v) is 6.83. The zero-order valence-electron chi connectivity index (χ0n) is 11.5. The molecule has 100 valence electrons. The standard InChI is InChI=1S/C15H23NO2/c1-4-17-15-8-6-5-7-14(15)16-13-9-11(2)18-12(3)10-13/h5-8,11-13,16H,4,9-10H2,1-3H3. The van der Waals surface area contributed by atoms with E-state index in [1.165, 1.54) is 0 Å². The van der Waals surface area contributed by atoms with Gasteiger partial charge in [-0.05, 0) is 45.7 Å². The molecule has 1 fully saturated rings. The van der Waals surface area contributed by atoms with Crippen LogP contribution in [0.1, 0.15) is 33.6 Å². The van der Waals surface area contributed by atoms with E-state index in [2.05, 4.69) is 25.2 Å². The highest BCUT2D eigenvalue weighted by Crippen LogP contribution is 2.28. The van der Waals surface area contributed by atoms with Crippen molar-refractivity contribution in [3.05, 3.63) is 24.3 Å². The minimum atomic E-state index is 0.325. The molecule has 0 spiro atoms. The topological polar surface area (TPSA) is 30.5 Å². The van der Waals surface area contributed by atoms with Gasteiger partial charge in [0.2, 0.25) is 0 Å². The fourth-order valence-electron chi connectivity index (χ4n) is 2.61. The highest BCUT2D eigenvalue weighted by Gasteiger charge is 2.24. The number of nitrogens with one attached hydrogen (secondary N) is 1. The van der Waals surface area contributed by atoms with Crippen molar-refractivity contribution in [2.45, 2.75) is 51.9 Å². The normalized spacial score (nSPS) is 27.8. The van der Waals surface area contributed by atoms with E-state index in [-0.39, 0.29) is 0 Å². The Morgan fingerprint density at radius 3 is 2.56 bits per heavy atom. The number of anilines is 1. The minimum absolute atomic E-state index is 0.325. The third-order valence-electron chi connectivity index (χ3n) is 3.24. The van der Waals surface area contributed by atoms with Crippen molar-refractivity contribution in [3.8, 4) is 5.75 Å². The molecule has 2 rings (SSSR count). The predicted octanol–water partition coefficient (Wildman–Crippen LogP) is 3.45. The number of ether oxygens (including phenoxy) is 2. The zero-order valence-corrected chi connectivity index (χ0v) is 11.5. The second kappa shape index (κ2) is 6.10. The molecule has 0 aliphatic carbocycles. The molecule has 0 saturated carbocycles. The van der Waals surface area contributed by atoms with Gasteiger partial charge in [-0.25, -0.2) is 0 Å². The maximum atomic E-state index is 5.76. The molecule has 3 nitrogen and oxygen atoms in total. The zero-order chi connectivity index (χ0) is 13.0. The number of hydrogen-bond acceptors (Lipinski definition) is 3. The molecular formula is C15H23NO2. The lowest BCUT2D eigenvalue weighted by molar-refractivity contribution is -0.0338. The van der Waals surface area contributed by atoms with Gasteiger partial charge in [-0.2, -0.15) is 0 Å². The molecule has 1 aliphatic heterocycles. The van der Waals surface area contributed by atoms with Crippen molar-refractivity contribution < 1.29 is 9.47 Å². The molecule has 3 heteroatoms. The molecule has 2 atom stereocenters. The number of para-hydroxylation sites is 2. The van der Waals surface area contributed by atoms with Crippen LogP contribution in [0.5, 0.6) is 5.75 Å². The second-order valence-corrected chi connectivity index (χ2v) is 5.00. The summed E-state index contributed by atoms with van der Waals surface area (Å²) in [7, 11) is 0. The lowest BCUT2D eigenvalue weighted by atomic mass is 9.99. The molecule has 2 unspecified atom stereocenters. The van der Waals surface area contributed by atoms with Gasteiger partial charge in [-0.3, -0.25) is 0 Å². The molecule has 1 saturated heterocycles. The molecule has 18 heavy (non-hydrogen) atoms. The van der Waals surface area contributed by atoms with Gasteiger partial charge in [0.15, 0.2) is 0 Å². The van der Waals surface area contributed by atoms with E-state index in [9.17, 15) is 0 Å². The lowest BCUT2D eigenvalue weighted by Crippen LogP contribution is -2.36. The van der Waals surface area contributed by atoms with Crippen molar-refractivity contribution >= 4 is 5.69 Å². The third kappa shape index (κ3) is 3.39. The third-order valence-corrected chi connectivity index (χ3v) is 3.24. The van der Waals surface area contributed by atoms with Gasteiger partial charge >= 0.3 is 0 Å². The Balaban J connectivity index is 2.04.